The Morgan fingerprint density at radius 3 is 2.65 bits per heavy atom. The molecule has 0 aliphatic carbocycles. The van der Waals surface area contributed by atoms with Crippen LogP contribution in [0.4, 0.5) is 11.4 Å². The van der Waals surface area contributed by atoms with Crippen molar-refractivity contribution in [2.24, 2.45) is 5.92 Å². The minimum absolute atomic E-state index is 0.0124. The van der Waals surface area contributed by atoms with Crippen molar-refractivity contribution in [1.82, 2.24) is 9.21 Å². The molecule has 2 amide bonds. The molecule has 2 aromatic rings. The second kappa shape index (κ2) is 10.2. The molecule has 1 N–H and O–H groups in total. The van der Waals surface area contributed by atoms with E-state index in [1.165, 1.54) is 10.4 Å². The maximum Gasteiger partial charge on any atom is 0.262 e. The average Bonchev–Trinajstić information content (AvgIpc) is 2.92. The standard InChI is InChI=1S/C26H32N4O6S/c1-18-13-22-23(36-17-25(31)27-22)15-24(18)37(33,34)30-8-4-5-19(16-30)26(32)29-11-9-28(10-12-29)20-6-3-7-21(14-20)35-2/h3,6-7,13-15,19H,4-5,8-12,16-17H2,1-2H3,(H,27,31). The summed E-state index contributed by atoms with van der Waals surface area (Å²) < 4.78 is 39.4. The molecule has 198 valence electrons. The lowest BCUT2D eigenvalue weighted by atomic mass is 9.97. The number of amides is 2. The van der Waals surface area contributed by atoms with Gasteiger partial charge in [-0.05, 0) is 43.5 Å². The first-order valence-corrected chi connectivity index (χ1v) is 14.0. The van der Waals surface area contributed by atoms with Gasteiger partial charge in [0.15, 0.2) is 6.61 Å². The molecule has 10 nitrogen and oxygen atoms in total. The van der Waals surface area contributed by atoms with Gasteiger partial charge < -0.3 is 24.6 Å². The number of nitrogens with zero attached hydrogens (tertiary/aromatic N) is 3. The summed E-state index contributed by atoms with van der Waals surface area (Å²) in [5.41, 5.74) is 2.05. The molecule has 0 radical (unpaired) electrons. The van der Waals surface area contributed by atoms with Crippen LogP contribution in [0.5, 0.6) is 11.5 Å². The van der Waals surface area contributed by atoms with Gasteiger partial charge in [-0.25, -0.2) is 8.42 Å². The third-order valence-electron chi connectivity index (χ3n) is 7.27. The van der Waals surface area contributed by atoms with Gasteiger partial charge in [0.1, 0.15) is 11.5 Å². The van der Waals surface area contributed by atoms with Gasteiger partial charge in [0.25, 0.3) is 5.91 Å². The van der Waals surface area contributed by atoms with Crippen molar-refractivity contribution in [2.45, 2.75) is 24.7 Å². The molecule has 2 aromatic carbocycles. The Hall–Kier alpha value is -3.31. The van der Waals surface area contributed by atoms with Crippen molar-refractivity contribution in [2.75, 3.05) is 63.2 Å². The summed E-state index contributed by atoms with van der Waals surface area (Å²) in [5.74, 6) is 0.496. The molecule has 1 atom stereocenters. The first kappa shape index (κ1) is 25.3. The zero-order chi connectivity index (χ0) is 26.2. The second-order valence-electron chi connectivity index (χ2n) is 9.67. The predicted molar refractivity (Wildman–Crippen MR) is 139 cm³/mol. The first-order chi connectivity index (χ1) is 17.8. The van der Waals surface area contributed by atoms with E-state index >= 15 is 0 Å². The van der Waals surface area contributed by atoms with Gasteiger partial charge in [0.2, 0.25) is 15.9 Å². The maximum atomic E-state index is 13.6. The highest BCUT2D eigenvalue weighted by Gasteiger charge is 2.37. The van der Waals surface area contributed by atoms with Gasteiger partial charge in [-0.1, -0.05) is 6.07 Å². The minimum Gasteiger partial charge on any atom is -0.497 e. The van der Waals surface area contributed by atoms with Crippen LogP contribution in [0.2, 0.25) is 0 Å². The zero-order valence-electron chi connectivity index (χ0n) is 21.1. The Morgan fingerprint density at radius 2 is 1.89 bits per heavy atom. The minimum atomic E-state index is -3.84. The number of carbonyl (C=O) groups excluding carboxylic acids is 2. The molecular formula is C26H32N4O6S. The van der Waals surface area contributed by atoms with Crippen LogP contribution in [-0.2, 0) is 19.6 Å². The summed E-state index contributed by atoms with van der Waals surface area (Å²) >= 11 is 0. The number of carbonyl (C=O) groups is 2. The van der Waals surface area contributed by atoms with Crippen LogP contribution in [0.25, 0.3) is 0 Å². The molecular weight excluding hydrogens is 496 g/mol. The number of piperazine rings is 1. The normalized spacial score (nSPS) is 20.6. The lowest BCUT2D eigenvalue weighted by Crippen LogP contribution is -2.53. The SMILES string of the molecule is COc1cccc(N2CCN(C(=O)C3CCCN(S(=O)(=O)c4cc5c(cc4C)NC(=O)CO5)C3)CC2)c1. The Bertz CT molecular complexity index is 1310. The van der Waals surface area contributed by atoms with Gasteiger partial charge in [-0.15, -0.1) is 0 Å². The molecule has 2 fully saturated rings. The Labute approximate surface area is 217 Å². The summed E-state index contributed by atoms with van der Waals surface area (Å²) in [6.07, 6.45) is 1.29. The highest BCUT2D eigenvalue weighted by Crippen LogP contribution is 2.35. The molecule has 5 rings (SSSR count). The molecule has 3 aliphatic heterocycles. The lowest BCUT2D eigenvalue weighted by molar-refractivity contribution is -0.137. The Kier molecular flexibility index (Phi) is 7.00. The fourth-order valence-electron chi connectivity index (χ4n) is 5.25. The summed E-state index contributed by atoms with van der Waals surface area (Å²) in [6.45, 7) is 4.66. The molecule has 3 heterocycles. The van der Waals surface area contributed by atoms with E-state index in [1.807, 2.05) is 29.2 Å². The van der Waals surface area contributed by atoms with Crippen molar-refractivity contribution in [3.8, 4) is 11.5 Å². The van der Waals surface area contributed by atoms with E-state index in [0.29, 0.717) is 62.6 Å². The number of benzene rings is 2. The van der Waals surface area contributed by atoms with Crippen LogP contribution in [0, 0.1) is 12.8 Å². The largest absolute Gasteiger partial charge is 0.497 e. The summed E-state index contributed by atoms with van der Waals surface area (Å²) in [6, 6.07) is 11.0. The number of aryl methyl sites for hydroxylation is 1. The van der Waals surface area contributed by atoms with Crippen LogP contribution in [0.15, 0.2) is 41.3 Å². The van der Waals surface area contributed by atoms with Gasteiger partial charge in [-0.3, -0.25) is 9.59 Å². The van der Waals surface area contributed by atoms with Crippen molar-refractivity contribution in [3.63, 3.8) is 0 Å². The second-order valence-corrected chi connectivity index (χ2v) is 11.6. The number of fused-ring (bicyclic) bond motifs is 1. The number of rotatable bonds is 5. The van der Waals surface area contributed by atoms with E-state index < -0.39 is 10.0 Å². The fraction of sp³-hybridized carbons (Fsp3) is 0.462. The quantitative estimate of drug-likeness (QED) is 0.633. The van der Waals surface area contributed by atoms with E-state index in [0.717, 1.165) is 11.4 Å². The van der Waals surface area contributed by atoms with Crippen molar-refractivity contribution < 1.29 is 27.5 Å². The highest BCUT2D eigenvalue weighted by atomic mass is 32.2. The molecule has 2 saturated heterocycles. The van der Waals surface area contributed by atoms with Crippen LogP contribution < -0.4 is 19.7 Å². The van der Waals surface area contributed by atoms with E-state index in [2.05, 4.69) is 10.2 Å². The molecule has 37 heavy (non-hydrogen) atoms. The Morgan fingerprint density at radius 1 is 1.11 bits per heavy atom. The number of piperidine rings is 1. The average molecular weight is 529 g/mol. The highest BCUT2D eigenvalue weighted by molar-refractivity contribution is 7.89. The number of hydrogen-bond acceptors (Lipinski definition) is 7. The molecule has 11 heteroatoms. The number of anilines is 2. The van der Waals surface area contributed by atoms with Crippen molar-refractivity contribution in [3.05, 3.63) is 42.0 Å². The summed E-state index contributed by atoms with van der Waals surface area (Å²) in [7, 11) is -2.20. The lowest BCUT2D eigenvalue weighted by Gasteiger charge is -2.39. The maximum absolute atomic E-state index is 13.6. The van der Waals surface area contributed by atoms with Crippen LogP contribution >= 0.6 is 0 Å². The van der Waals surface area contributed by atoms with Crippen LogP contribution in [-0.4, -0.2) is 82.4 Å². The number of methoxy groups -OCH3 is 1. The topological polar surface area (TPSA) is 108 Å². The first-order valence-electron chi connectivity index (χ1n) is 12.5. The van der Waals surface area contributed by atoms with Gasteiger partial charge in [-0.2, -0.15) is 4.31 Å². The van der Waals surface area contributed by atoms with E-state index in [9.17, 15) is 18.0 Å². The number of sulfonamides is 1. The van der Waals surface area contributed by atoms with Gasteiger partial charge >= 0.3 is 0 Å². The van der Waals surface area contributed by atoms with Crippen molar-refractivity contribution >= 4 is 33.2 Å². The molecule has 0 saturated carbocycles. The molecule has 1 unspecified atom stereocenters. The molecule has 0 spiro atoms. The monoisotopic (exact) mass is 528 g/mol. The smallest absolute Gasteiger partial charge is 0.262 e. The van der Waals surface area contributed by atoms with Gasteiger partial charge in [0, 0.05) is 57.1 Å². The summed E-state index contributed by atoms with van der Waals surface area (Å²) in [4.78, 5) is 29.2. The Balaban J connectivity index is 1.25. The third-order valence-corrected chi connectivity index (χ3v) is 9.28. The molecule has 3 aliphatic rings. The molecule has 0 bridgehead atoms. The summed E-state index contributed by atoms with van der Waals surface area (Å²) in [5, 5.41) is 2.70. The van der Waals surface area contributed by atoms with E-state index in [1.54, 1.807) is 20.1 Å². The van der Waals surface area contributed by atoms with Gasteiger partial charge in [0.05, 0.1) is 23.6 Å². The number of hydrogen-bond donors (Lipinski definition) is 1. The van der Waals surface area contributed by atoms with E-state index in [-0.39, 0.29) is 35.8 Å². The van der Waals surface area contributed by atoms with Crippen LogP contribution in [0.3, 0.4) is 0 Å². The zero-order valence-corrected chi connectivity index (χ0v) is 21.9. The third kappa shape index (κ3) is 5.10. The van der Waals surface area contributed by atoms with Crippen molar-refractivity contribution in [1.29, 1.82) is 0 Å². The fourth-order valence-corrected chi connectivity index (χ4v) is 6.99. The molecule has 0 aromatic heterocycles. The van der Waals surface area contributed by atoms with E-state index in [4.69, 9.17) is 9.47 Å². The number of nitrogens with one attached hydrogen (secondary N) is 1. The predicted octanol–water partition coefficient (Wildman–Crippen LogP) is 2.08. The number of ether oxygens (including phenoxy) is 2. The van der Waals surface area contributed by atoms with Crippen LogP contribution in [0.1, 0.15) is 18.4 Å².